The number of hydrogen-bond acceptors (Lipinski definition) is 3. The SMILES string of the molecule is CC(C)CS(=O)CC(O)CN. The van der Waals surface area contributed by atoms with E-state index in [0.29, 0.717) is 17.4 Å². The summed E-state index contributed by atoms with van der Waals surface area (Å²) >= 11 is 0. The molecule has 2 unspecified atom stereocenters. The van der Waals surface area contributed by atoms with E-state index in [-0.39, 0.29) is 6.54 Å². The highest BCUT2D eigenvalue weighted by molar-refractivity contribution is 7.85. The number of aliphatic hydroxyl groups is 1. The van der Waals surface area contributed by atoms with Crippen molar-refractivity contribution in [1.29, 1.82) is 0 Å². The first-order chi connectivity index (χ1) is 5.06. The van der Waals surface area contributed by atoms with Gasteiger partial charge >= 0.3 is 0 Å². The molecule has 0 aromatic rings. The van der Waals surface area contributed by atoms with Gasteiger partial charge in [-0.2, -0.15) is 0 Å². The van der Waals surface area contributed by atoms with Gasteiger partial charge in [-0.1, -0.05) is 13.8 Å². The topological polar surface area (TPSA) is 63.3 Å². The highest BCUT2D eigenvalue weighted by Crippen LogP contribution is 1.97. The van der Waals surface area contributed by atoms with Crippen molar-refractivity contribution in [1.82, 2.24) is 0 Å². The van der Waals surface area contributed by atoms with E-state index in [2.05, 4.69) is 0 Å². The molecule has 0 spiro atoms. The second-order valence-electron chi connectivity index (χ2n) is 3.06. The molecule has 0 aliphatic rings. The Morgan fingerprint density at radius 3 is 2.36 bits per heavy atom. The van der Waals surface area contributed by atoms with Gasteiger partial charge in [-0.25, -0.2) is 0 Å². The molecule has 0 radical (unpaired) electrons. The molecular weight excluding hydrogens is 162 g/mol. The molecule has 0 aliphatic heterocycles. The Bertz CT molecular complexity index is 128. The van der Waals surface area contributed by atoms with Gasteiger partial charge < -0.3 is 10.8 Å². The predicted molar refractivity (Wildman–Crippen MR) is 47.8 cm³/mol. The van der Waals surface area contributed by atoms with Gasteiger partial charge in [-0.05, 0) is 5.92 Å². The molecule has 0 bridgehead atoms. The first kappa shape index (κ1) is 11.1. The van der Waals surface area contributed by atoms with Gasteiger partial charge in [-0.15, -0.1) is 0 Å². The largest absolute Gasteiger partial charge is 0.391 e. The van der Waals surface area contributed by atoms with E-state index in [9.17, 15) is 4.21 Å². The molecule has 0 saturated carbocycles. The summed E-state index contributed by atoms with van der Waals surface area (Å²) in [4.78, 5) is 0. The van der Waals surface area contributed by atoms with Crippen LogP contribution in [0.4, 0.5) is 0 Å². The summed E-state index contributed by atoms with van der Waals surface area (Å²) in [6.07, 6.45) is -0.602. The number of aliphatic hydroxyl groups excluding tert-OH is 1. The third-order valence-corrected chi connectivity index (χ3v) is 2.96. The zero-order valence-corrected chi connectivity index (χ0v) is 7.93. The lowest BCUT2D eigenvalue weighted by molar-refractivity contribution is 0.207. The summed E-state index contributed by atoms with van der Waals surface area (Å²) < 4.78 is 11.1. The van der Waals surface area contributed by atoms with E-state index in [4.69, 9.17) is 10.8 Å². The maximum Gasteiger partial charge on any atom is 0.0777 e. The van der Waals surface area contributed by atoms with Gasteiger partial charge in [0.2, 0.25) is 0 Å². The van der Waals surface area contributed by atoms with Crippen molar-refractivity contribution >= 4 is 10.8 Å². The van der Waals surface area contributed by atoms with E-state index in [1.165, 1.54) is 0 Å². The molecule has 11 heavy (non-hydrogen) atoms. The van der Waals surface area contributed by atoms with Crippen LogP contribution in [0.1, 0.15) is 13.8 Å². The predicted octanol–water partition coefficient (Wildman–Crippen LogP) is -0.289. The molecule has 3 N–H and O–H groups in total. The molecule has 0 aromatic carbocycles. The molecule has 0 fully saturated rings. The van der Waals surface area contributed by atoms with Crippen LogP contribution in [0.15, 0.2) is 0 Å². The van der Waals surface area contributed by atoms with Crippen LogP contribution in [-0.2, 0) is 10.8 Å². The minimum absolute atomic E-state index is 0.198. The van der Waals surface area contributed by atoms with Gasteiger partial charge in [0, 0.05) is 23.1 Å². The fourth-order valence-electron chi connectivity index (χ4n) is 0.722. The third-order valence-electron chi connectivity index (χ3n) is 1.17. The van der Waals surface area contributed by atoms with Crippen LogP contribution in [0.5, 0.6) is 0 Å². The molecule has 0 amide bonds. The minimum atomic E-state index is -0.910. The zero-order chi connectivity index (χ0) is 8.85. The Balaban J connectivity index is 3.52. The molecule has 3 nitrogen and oxygen atoms in total. The lowest BCUT2D eigenvalue weighted by atomic mass is 10.3. The van der Waals surface area contributed by atoms with Crippen molar-refractivity contribution in [3.63, 3.8) is 0 Å². The second-order valence-corrected chi connectivity index (χ2v) is 4.60. The molecular formula is C7H17NO2S. The van der Waals surface area contributed by atoms with Crippen LogP contribution in [0.2, 0.25) is 0 Å². The molecule has 2 atom stereocenters. The fraction of sp³-hybridized carbons (Fsp3) is 1.00. The van der Waals surface area contributed by atoms with Crippen LogP contribution in [0.3, 0.4) is 0 Å². The van der Waals surface area contributed by atoms with E-state index < -0.39 is 16.9 Å². The number of hydrogen-bond donors (Lipinski definition) is 2. The Morgan fingerprint density at radius 2 is 2.00 bits per heavy atom. The van der Waals surface area contributed by atoms with E-state index in [0.717, 1.165) is 0 Å². The summed E-state index contributed by atoms with van der Waals surface area (Å²) in [5, 5.41) is 9.02. The molecule has 0 aromatic heterocycles. The summed E-state index contributed by atoms with van der Waals surface area (Å²) in [6.45, 7) is 4.21. The molecule has 0 saturated heterocycles. The first-order valence-electron chi connectivity index (χ1n) is 3.79. The Morgan fingerprint density at radius 1 is 1.45 bits per heavy atom. The van der Waals surface area contributed by atoms with Crippen molar-refractivity contribution in [3.8, 4) is 0 Å². The van der Waals surface area contributed by atoms with E-state index >= 15 is 0 Å². The maximum absolute atomic E-state index is 11.1. The number of nitrogens with two attached hydrogens (primary N) is 1. The molecule has 0 aliphatic carbocycles. The summed E-state index contributed by atoms with van der Waals surface area (Å²) in [5.41, 5.74) is 5.17. The van der Waals surface area contributed by atoms with Crippen LogP contribution < -0.4 is 5.73 Å². The van der Waals surface area contributed by atoms with Gasteiger partial charge in [0.1, 0.15) is 0 Å². The van der Waals surface area contributed by atoms with Crippen molar-refractivity contribution < 1.29 is 9.32 Å². The molecule has 68 valence electrons. The van der Waals surface area contributed by atoms with Crippen LogP contribution in [0.25, 0.3) is 0 Å². The van der Waals surface area contributed by atoms with Crippen molar-refractivity contribution in [2.24, 2.45) is 11.7 Å². The van der Waals surface area contributed by atoms with E-state index in [1.54, 1.807) is 0 Å². The minimum Gasteiger partial charge on any atom is -0.391 e. The van der Waals surface area contributed by atoms with Gasteiger partial charge in [0.05, 0.1) is 11.9 Å². The highest BCUT2D eigenvalue weighted by atomic mass is 32.2. The lowest BCUT2D eigenvalue weighted by Crippen LogP contribution is -2.27. The van der Waals surface area contributed by atoms with Crippen molar-refractivity contribution in [2.75, 3.05) is 18.1 Å². The molecule has 0 rings (SSSR count). The Labute approximate surface area is 70.4 Å². The van der Waals surface area contributed by atoms with Gasteiger partial charge in [-0.3, -0.25) is 4.21 Å². The van der Waals surface area contributed by atoms with E-state index in [1.807, 2.05) is 13.8 Å². The maximum atomic E-state index is 11.1. The van der Waals surface area contributed by atoms with Crippen LogP contribution in [0, 0.1) is 5.92 Å². The van der Waals surface area contributed by atoms with Crippen molar-refractivity contribution in [2.45, 2.75) is 20.0 Å². The van der Waals surface area contributed by atoms with Crippen molar-refractivity contribution in [3.05, 3.63) is 0 Å². The summed E-state index contributed by atoms with van der Waals surface area (Å²) in [6, 6.07) is 0. The van der Waals surface area contributed by atoms with Crippen LogP contribution in [-0.4, -0.2) is 33.5 Å². The fourth-order valence-corrected chi connectivity index (χ4v) is 2.17. The molecule has 4 heteroatoms. The quantitative estimate of drug-likeness (QED) is 0.609. The molecule has 0 heterocycles. The van der Waals surface area contributed by atoms with Gasteiger partial charge in [0.15, 0.2) is 0 Å². The van der Waals surface area contributed by atoms with Gasteiger partial charge in [0.25, 0.3) is 0 Å². The normalized spacial score (nSPS) is 16.8. The second kappa shape index (κ2) is 5.69. The average Bonchev–Trinajstić information content (AvgIpc) is 1.85. The Hall–Kier alpha value is 0.0700. The van der Waals surface area contributed by atoms with Crippen LogP contribution >= 0.6 is 0 Å². The smallest absolute Gasteiger partial charge is 0.0777 e. The monoisotopic (exact) mass is 179 g/mol. The number of rotatable bonds is 5. The third kappa shape index (κ3) is 6.47. The average molecular weight is 179 g/mol. The Kier molecular flexibility index (Phi) is 5.72. The summed E-state index contributed by atoms with van der Waals surface area (Å²) in [7, 11) is -0.910. The summed E-state index contributed by atoms with van der Waals surface area (Å²) in [5.74, 6) is 1.38. The highest BCUT2D eigenvalue weighted by Gasteiger charge is 2.08. The standard InChI is InChI=1S/C7H17NO2S/c1-6(2)4-11(10)5-7(9)3-8/h6-7,9H,3-5,8H2,1-2H3. The zero-order valence-electron chi connectivity index (χ0n) is 7.12. The first-order valence-corrected chi connectivity index (χ1v) is 5.28. The lowest BCUT2D eigenvalue weighted by Gasteiger charge is -2.08.